The molecule has 0 saturated carbocycles. The molecule has 0 aromatic carbocycles. The Labute approximate surface area is 167 Å². The molecule has 0 spiro atoms. The molecule has 0 aliphatic rings. The number of hydrogen-bond donors (Lipinski definition) is 1. The molecular weight excluding hydrogens is 351 g/mol. The number of hydrogen-bond acceptors (Lipinski definition) is 1. The van der Waals surface area contributed by atoms with Gasteiger partial charge in [-0.1, -0.05) is 96.1 Å². The molecule has 1 radical (unpaired) electrons. The Morgan fingerprint density at radius 2 is 1.00 bits per heavy atom. The fraction of sp³-hybridized carbons (Fsp3) is 0.864. The Hall–Kier alpha value is -0.271. The van der Waals surface area contributed by atoms with Crippen LogP contribution in [0.15, 0.2) is 12.2 Å². The van der Waals surface area contributed by atoms with Gasteiger partial charge < -0.3 is 5.11 Å². The molecule has 0 aromatic heterocycles. The average Bonchev–Trinajstić information content (AvgIpc) is 2.56. The van der Waals surface area contributed by atoms with Gasteiger partial charge in [0.25, 0.3) is 0 Å². The van der Waals surface area contributed by atoms with Crippen molar-refractivity contribution in [2.45, 2.75) is 122 Å². The number of aliphatic carboxylic acids is 1. The zero-order valence-electron chi connectivity index (χ0n) is 16.6. The average molecular weight is 394 g/mol. The maximum Gasteiger partial charge on any atom is 0.303 e. The molecule has 0 bridgehead atoms. The van der Waals surface area contributed by atoms with E-state index in [0.717, 1.165) is 12.8 Å². The predicted octanol–water partition coefficient (Wildman–Crippen LogP) is 7.67. The van der Waals surface area contributed by atoms with Crippen molar-refractivity contribution in [3.8, 4) is 0 Å². The first-order valence-electron chi connectivity index (χ1n) is 10.6. The van der Waals surface area contributed by atoms with Crippen molar-refractivity contribution in [2.24, 2.45) is 0 Å². The molecule has 2 nitrogen and oxygen atoms in total. The Kier molecular flexibility index (Phi) is 25.6. The minimum Gasteiger partial charge on any atom is -0.481 e. The molecule has 0 aliphatic carbocycles. The summed E-state index contributed by atoms with van der Waals surface area (Å²) in [5.74, 6) is -0.656. The fourth-order valence-corrected chi connectivity index (χ4v) is 3.05. The second-order valence-corrected chi connectivity index (χ2v) is 7.14. The van der Waals surface area contributed by atoms with Crippen LogP contribution < -0.4 is 0 Å². The van der Waals surface area contributed by atoms with Crippen LogP contribution in [0, 0.1) is 0 Å². The zero-order chi connectivity index (χ0) is 17.7. The second kappa shape index (κ2) is 23.7. The molecule has 0 aromatic rings. The summed E-state index contributed by atoms with van der Waals surface area (Å²) in [4.78, 5) is 10.4. The Bertz CT molecular complexity index is 290. The van der Waals surface area contributed by atoms with Crippen molar-refractivity contribution in [1.29, 1.82) is 0 Å². The Morgan fingerprint density at radius 1 is 0.640 bits per heavy atom. The van der Waals surface area contributed by atoms with Gasteiger partial charge in [-0.05, 0) is 32.1 Å². The summed E-state index contributed by atoms with van der Waals surface area (Å²) in [7, 11) is 0. The largest absolute Gasteiger partial charge is 0.481 e. The zero-order valence-corrected chi connectivity index (χ0v) is 17.8. The third-order valence-electron chi connectivity index (χ3n) is 4.65. The van der Waals surface area contributed by atoms with Crippen LogP contribution in [0.25, 0.3) is 0 Å². The first-order valence-corrected chi connectivity index (χ1v) is 10.6. The van der Waals surface area contributed by atoms with Crippen LogP contribution in [-0.2, 0) is 21.9 Å². The van der Waals surface area contributed by atoms with E-state index in [4.69, 9.17) is 5.11 Å². The number of rotatable bonds is 19. The van der Waals surface area contributed by atoms with E-state index < -0.39 is 5.97 Å². The molecule has 25 heavy (non-hydrogen) atoms. The SMILES string of the molecule is CCCCCCCC/C=C\CCCCCCCCCCCC(=O)O.[Mn]. The van der Waals surface area contributed by atoms with E-state index in [1.165, 1.54) is 96.3 Å². The molecule has 0 amide bonds. The summed E-state index contributed by atoms with van der Waals surface area (Å²) in [6.45, 7) is 2.27. The summed E-state index contributed by atoms with van der Waals surface area (Å²) in [6.07, 6.45) is 27.1. The van der Waals surface area contributed by atoms with E-state index in [0.29, 0.717) is 6.42 Å². The van der Waals surface area contributed by atoms with Crippen LogP contribution in [0.2, 0.25) is 0 Å². The molecule has 149 valence electrons. The van der Waals surface area contributed by atoms with Crippen molar-refractivity contribution in [1.82, 2.24) is 0 Å². The number of allylic oxidation sites excluding steroid dienone is 2. The molecule has 0 saturated heterocycles. The van der Waals surface area contributed by atoms with Gasteiger partial charge in [0.15, 0.2) is 0 Å². The molecule has 0 unspecified atom stereocenters. The van der Waals surface area contributed by atoms with Crippen LogP contribution in [0.3, 0.4) is 0 Å². The second-order valence-electron chi connectivity index (χ2n) is 7.14. The van der Waals surface area contributed by atoms with Crippen molar-refractivity contribution in [2.75, 3.05) is 0 Å². The fourth-order valence-electron chi connectivity index (χ4n) is 3.05. The molecule has 0 atom stereocenters. The van der Waals surface area contributed by atoms with Gasteiger partial charge in [-0.2, -0.15) is 0 Å². The smallest absolute Gasteiger partial charge is 0.303 e. The van der Waals surface area contributed by atoms with Gasteiger partial charge in [0, 0.05) is 23.5 Å². The number of carboxylic acid groups (broad SMARTS) is 1. The molecule has 0 fully saturated rings. The maximum atomic E-state index is 10.4. The van der Waals surface area contributed by atoms with Crippen LogP contribution in [0.5, 0.6) is 0 Å². The molecule has 0 aliphatic heterocycles. The minimum absolute atomic E-state index is 0. The third kappa shape index (κ3) is 26.1. The van der Waals surface area contributed by atoms with Gasteiger partial charge in [-0.3, -0.25) is 4.79 Å². The summed E-state index contributed by atoms with van der Waals surface area (Å²) in [6, 6.07) is 0. The first-order chi connectivity index (χ1) is 11.8. The van der Waals surface area contributed by atoms with Gasteiger partial charge >= 0.3 is 5.97 Å². The van der Waals surface area contributed by atoms with Gasteiger partial charge in [0.2, 0.25) is 0 Å². The third-order valence-corrected chi connectivity index (χ3v) is 4.65. The monoisotopic (exact) mass is 393 g/mol. The summed E-state index contributed by atoms with van der Waals surface area (Å²) >= 11 is 0. The van der Waals surface area contributed by atoms with Crippen LogP contribution in [-0.4, -0.2) is 11.1 Å². The Balaban J connectivity index is 0. The van der Waals surface area contributed by atoms with E-state index in [1.54, 1.807) is 0 Å². The normalized spacial score (nSPS) is 10.9. The van der Waals surface area contributed by atoms with Crippen LogP contribution in [0.4, 0.5) is 0 Å². The van der Waals surface area contributed by atoms with Gasteiger partial charge in [-0.15, -0.1) is 0 Å². The quantitative estimate of drug-likeness (QED) is 0.139. The predicted molar refractivity (Wildman–Crippen MR) is 106 cm³/mol. The maximum absolute atomic E-state index is 10.4. The van der Waals surface area contributed by atoms with Crippen molar-refractivity contribution in [3.63, 3.8) is 0 Å². The summed E-state index contributed by atoms with van der Waals surface area (Å²) in [5, 5.41) is 8.55. The molecular formula is C22H42MnO2. The number of carbonyl (C=O) groups is 1. The van der Waals surface area contributed by atoms with Gasteiger partial charge in [0.05, 0.1) is 0 Å². The van der Waals surface area contributed by atoms with E-state index >= 15 is 0 Å². The molecule has 1 N–H and O–H groups in total. The Morgan fingerprint density at radius 3 is 1.40 bits per heavy atom. The first kappa shape index (κ1) is 27.0. The van der Waals surface area contributed by atoms with E-state index in [9.17, 15) is 4.79 Å². The summed E-state index contributed by atoms with van der Waals surface area (Å²) < 4.78 is 0. The van der Waals surface area contributed by atoms with Crippen molar-refractivity contribution in [3.05, 3.63) is 12.2 Å². The van der Waals surface area contributed by atoms with Gasteiger partial charge in [0.1, 0.15) is 0 Å². The standard InChI is InChI=1S/C22H42O2.Mn/c1-2-3-4-5-6-7-8-9-10-11-12-13-14-15-16-17-18-19-20-21-22(23)24;/h9-10H,2-8,11-21H2,1H3,(H,23,24);/b10-9-;. The van der Waals surface area contributed by atoms with Crippen molar-refractivity contribution >= 4 is 5.97 Å². The topological polar surface area (TPSA) is 37.3 Å². The van der Waals surface area contributed by atoms with Crippen LogP contribution in [0.1, 0.15) is 122 Å². The molecule has 3 heteroatoms. The van der Waals surface area contributed by atoms with E-state index in [-0.39, 0.29) is 17.1 Å². The van der Waals surface area contributed by atoms with E-state index in [2.05, 4.69) is 19.1 Å². The van der Waals surface area contributed by atoms with Crippen molar-refractivity contribution < 1.29 is 27.0 Å². The number of unbranched alkanes of at least 4 members (excludes halogenated alkanes) is 15. The van der Waals surface area contributed by atoms with Crippen LogP contribution >= 0.6 is 0 Å². The minimum atomic E-state index is -0.656. The molecule has 0 heterocycles. The summed E-state index contributed by atoms with van der Waals surface area (Å²) in [5.41, 5.74) is 0. The number of carboxylic acids is 1. The van der Waals surface area contributed by atoms with Gasteiger partial charge in [-0.25, -0.2) is 0 Å². The molecule has 0 rings (SSSR count). The van der Waals surface area contributed by atoms with E-state index in [1.807, 2.05) is 0 Å².